The summed E-state index contributed by atoms with van der Waals surface area (Å²) in [6.07, 6.45) is 3.14. The molecule has 24 heavy (non-hydrogen) atoms. The van der Waals surface area contributed by atoms with Crippen molar-refractivity contribution in [2.75, 3.05) is 37.2 Å². The summed E-state index contributed by atoms with van der Waals surface area (Å²) < 4.78 is 11.3. The van der Waals surface area contributed by atoms with E-state index in [1.807, 2.05) is 0 Å². The Hall–Kier alpha value is -1.44. The Balaban J connectivity index is 1.80. The van der Waals surface area contributed by atoms with Crippen LogP contribution in [0.3, 0.4) is 0 Å². The molecule has 1 saturated heterocycles. The number of nitrogens with two attached hydrogens (primary N) is 1. The number of ether oxygens (including phenoxy) is 2. The van der Waals surface area contributed by atoms with E-state index in [1.54, 1.807) is 17.2 Å². The second-order valence-electron chi connectivity index (χ2n) is 7.90. The lowest BCUT2D eigenvalue weighted by Gasteiger charge is -2.32. The molecular weight excluding hydrogens is 322 g/mol. The molecule has 3 rings (SSSR count). The topological polar surface area (TPSA) is 77.7 Å². The maximum atomic E-state index is 13.2. The van der Waals surface area contributed by atoms with Crippen LogP contribution in [0.5, 0.6) is 0 Å². The summed E-state index contributed by atoms with van der Waals surface area (Å²) in [6, 6.07) is 2.87. The van der Waals surface area contributed by atoms with Crippen LogP contribution in [0, 0.1) is 0 Å². The maximum Gasteiger partial charge on any atom is 0.239 e. The van der Waals surface area contributed by atoms with Gasteiger partial charge in [-0.1, -0.05) is 19.6 Å². The summed E-state index contributed by atoms with van der Waals surface area (Å²) in [7, 11) is -1.15. The highest BCUT2D eigenvalue weighted by Gasteiger charge is 2.51. The molecule has 1 fully saturated rings. The zero-order chi connectivity index (χ0) is 17.4. The zero-order valence-corrected chi connectivity index (χ0v) is 15.8. The van der Waals surface area contributed by atoms with E-state index in [2.05, 4.69) is 24.6 Å². The second-order valence-corrected chi connectivity index (χ2v) is 13.5. The van der Waals surface area contributed by atoms with Crippen LogP contribution in [0.15, 0.2) is 12.3 Å². The van der Waals surface area contributed by atoms with Gasteiger partial charge in [0.15, 0.2) is 0 Å². The Morgan fingerprint density at radius 3 is 2.75 bits per heavy atom. The van der Waals surface area contributed by atoms with Crippen LogP contribution in [0.2, 0.25) is 25.7 Å². The Morgan fingerprint density at radius 1 is 1.38 bits per heavy atom. The SMILES string of the molecule is C[Si](C)(C)CCOCN1C(=O)C2(CCOCC2)c2cnc(N)cc21. The van der Waals surface area contributed by atoms with Crippen molar-refractivity contribution in [3.63, 3.8) is 0 Å². The molecule has 0 aliphatic carbocycles. The molecule has 2 aliphatic heterocycles. The van der Waals surface area contributed by atoms with Crippen LogP contribution >= 0.6 is 0 Å². The molecule has 0 aromatic carbocycles. The number of rotatable bonds is 5. The fourth-order valence-electron chi connectivity index (χ4n) is 3.40. The molecule has 0 saturated carbocycles. The predicted octanol–water partition coefficient (Wildman–Crippen LogP) is 2.37. The van der Waals surface area contributed by atoms with Gasteiger partial charge in [-0.2, -0.15) is 0 Å². The number of pyridine rings is 1. The highest BCUT2D eigenvalue weighted by Crippen LogP contribution is 2.47. The van der Waals surface area contributed by atoms with E-state index in [1.165, 1.54) is 0 Å². The molecule has 2 N–H and O–H groups in total. The van der Waals surface area contributed by atoms with Crippen molar-refractivity contribution in [1.82, 2.24) is 4.98 Å². The van der Waals surface area contributed by atoms with E-state index >= 15 is 0 Å². The summed E-state index contributed by atoms with van der Waals surface area (Å²) in [4.78, 5) is 19.1. The summed E-state index contributed by atoms with van der Waals surface area (Å²) in [6.45, 7) is 9.11. The van der Waals surface area contributed by atoms with Crippen molar-refractivity contribution in [3.05, 3.63) is 17.8 Å². The van der Waals surface area contributed by atoms with Crippen molar-refractivity contribution in [3.8, 4) is 0 Å². The molecule has 0 atom stereocenters. The van der Waals surface area contributed by atoms with E-state index in [0.29, 0.717) is 38.5 Å². The number of aromatic nitrogens is 1. The van der Waals surface area contributed by atoms with Crippen LogP contribution in [0.25, 0.3) is 0 Å². The number of nitrogen functional groups attached to an aromatic ring is 1. The first-order valence-corrected chi connectivity index (χ1v) is 12.3. The van der Waals surface area contributed by atoms with E-state index in [4.69, 9.17) is 15.2 Å². The standard InChI is InChI=1S/C17H27N3O3Si/c1-24(2,3)9-8-23-12-20-14-10-15(18)19-11-13(14)17(16(20)21)4-6-22-7-5-17/h10-11H,4-9,12H2,1-3H3,(H2,18,19). The van der Waals surface area contributed by atoms with Gasteiger partial charge in [-0.05, 0) is 18.9 Å². The quantitative estimate of drug-likeness (QED) is 0.652. The van der Waals surface area contributed by atoms with Crippen LogP contribution in [-0.4, -0.2) is 45.5 Å². The average Bonchev–Trinajstić information content (AvgIpc) is 2.73. The Morgan fingerprint density at radius 2 is 2.08 bits per heavy atom. The summed E-state index contributed by atoms with van der Waals surface area (Å²) in [5.74, 6) is 0.527. The molecule has 3 heterocycles. The molecular formula is C17H27N3O3Si. The van der Waals surface area contributed by atoms with Crippen molar-refractivity contribution in [2.24, 2.45) is 0 Å². The molecule has 0 unspecified atom stereocenters. The van der Waals surface area contributed by atoms with Crippen LogP contribution < -0.4 is 10.6 Å². The van der Waals surface area contributed by atoms with Gasteiger partial charge in [-0.15, -0.1) is 0 Å². The van der Waals surface area contributed by atoms with Gasteiger partial charge in [-0.3, -0.25) is 9.69 Å². The first-order chi connectivity index (χ1) is 11.3. The number of carbonyl (C=O) groups is 1. The van der Waals surface area contributed by atoms with Crippen molar-refractivity contribution >= 4 is 25.5 Å². The van der Waals surface area contributed by atoms with Crippen molar-refractivity contribution < 1.29 is 14.3 Å². The Labute approximate surface area is 144 Å². The molecule has 1 amide bonds. The fourth-order valence-corrected chi connectivity index (χ4v) is 4.16. The van der Waals surface area contributed by atoms with E-state index in [0.717, 1.165) is 17.3 Å². The smallest absolute Gasteiger partial charge is 0.239 e. The molecule has 1 aromatic heterocycles. The molecule has 2 aliphatic rings. The molecule has 7 heteroatoms. The largest absolute Gasteiger partial charge is 0.384 e. The van der Waals surface area contributed by atoms with Crippen LogP contribution in [-0.2, 0) is 19.7 Å². The number of fused-ring (bicyclic) bond motifs is 2. The third-order valence-electron chi connectivity index (χ3n) is 4.93. The van der Waals surface area contributed by atoms with Gasteiger partial charge < -0.3 is 15.2 Å². The van der Waals surface area contributed by atoms with Crippen molar-refractivity contribution in [1.29, 1.82) is 0 Å². The fraction of sp³-hybridized carbons (Fsp3) is 0.647. The first-order valence-electron chi connectivity index (χ1n) is 8.57. The Bertz CT molecular complexity index is 624. The van der Waals surface area contributed by atoms with E-state index < -0.39 is 13.5 Å². The molecule has 1 spiro atoms. The number of hydrogen-bond donors (Lipinski definition) is 1. The highest BCUT2D eigenvalue weighted by atomic mass is 28.3. The first kappa shape index (κ1) is 17.4. The van der Waals surface area contributed by atoms with Crippen LogP contribution in [0.4, 0.5) is 11.5 Å². The van der Waals surface area contributed by atoms with Gasteiger partial charge in [0.1, 0.15) is 12.5 Å². The van der Waals surface area contributed by atoms with Crippen molar-refractivity contribution in [2.45, 2.75) is 43.9 Å². The number of nitrogens with zero attached hydrogens (tertiary/aromatic N) is 2. The van der Waals surface area contributed by atoms with Gasteiger partial charge in [0.25, 0.3) is 0 Å². The average molecular weight is 350 g/mol. The number of hydrogen-bond acceptors (Lipinski definition) is 5. The minimum Gasteiger partial charge on any atom is -0.384 e. The highest BCUT2D eigenvalue weighted by molar-refractivity contribution is 6.76. The number of carbonyl (C=O) groups excluding carboxylic acids is 1. The molecule has 0 bridgehead atoms. The van der Waals surface area contributed by atoms with Gasteiger partial charge >= 0.3 is 0 Å². The van der Waals surface area contributed by atoms with Gasteiger partial charge in [-0.25, -0.2) is 4.98 Å². The molecule has 1 aromatic rings. The van der Waals surface area contributed by atoms with Gasteiger partial charge in [0, 0.05) is 45.7 Å². The predicted molar refractivity (Wildman–Crippen MR) is 96.8 cm³/mol. The maximum absolute atomic E-state index is 13.2. The Kier molecular flexibility index (Phi) is 4.68. The van der Waals surface area contributed by atoms with E-state index in [-0.39, 0.29) is 12.6 Å². The van der Waals surface area contributed by atoms with E-state index in [9.17, 15) is 4.79 Å². The lowest BCUT2D eigenvalue weighted by molar-refractivity contribution is -0.127. The summed E-state index contributed by atoms with van der Waals surface area (Å²) >= 11 is 0. The summed E-state index contributed by atoms with van der Waals surface area (Å²) in [5, 5.41) is 0. The minimum atomic E-state index is -1.15. The molecule has 132 valence electrons. The lowest BCUT2D eigenvalue weighted by Crippen LogP contribution is -2.44. The summed E-state index contributed by atoms with van der Waals surface area (Å²) in [5.41, 5.74) is 7.16. The van der Waals surface area contributed by atoms with Gasteiger partial charge in [0.05, 0.1) is 11.1 Å². The lowest BCUT2D eigenvalue weighted by atomic mass is 9.76. The number of anilines is 2. The zero-order valence-electron chi connectivity index (χ0n) is 14.8. The number of amides is 1. The minimum absolute atomic E-state index is 0.0983. The normalized spacial score (nSPS) is 19.8. The second kappa shape index (κ2) is 6.46. The van der Waals surface area contributed by atoms with Gasteiger partial charge in [0.2, 0.25) is 5.91 Å². The van der Waals surface area contributed by atoms with Crippen LogP contribution in [0.1, 0.15) is 18.4 Å². The monoisotopic (exact) mass is 349 g/mol. The third-order valence-corrected chi connectivity index (χ3v) is 6.63. The third kappa shape index (κ3) is 3.20. The molecule has 0 radical (unpaired) electrons. The molecule has 6 nitrogen and oxygen atoms in total.